The van der Waals surface area contributed by atoms with Gasteiger partial charge in [0.05, 0.1) is 27.9 Å². The number of Topliss-reactive ketones (excluding diaryl/α,β-unsaturated/α-hetero) is 1. The lowest BCUT2D eigenvalue weighted by Gasteiger charge is -2.06. The highest BCUT2D eigenvalue weighted by molar-refractivity contribution is 7.13. The van der Waals surface area contributed by atoms with Crippen LogP contribution < -0.4 is 16.0 Å². The number of benzene rings is 3. The number of amides is 5. The summed E-state index contributed by atoms with van der Waals surface area (Å²) in [5.74, 6) is -2.56. The van der Waals surface area contributed by atoms with E-state index in [1.807, 2.05) is 12.1 Å². The molecule has 0 radical (unpaired) electrons. The first-order valence-electron chi connectivity index (χ1n) is 12.3. The van der Waals surface area contributed by atoms with Gasteiger partial charge in [-0.15, -0.1) is 11.3 Å². The number of hydrogen-bond donors (Lipinski definition) is 3. The molecule has 0 atom stereocenters. The Bertz CT molecular complexity index is 1850. The van der Waals surface area contributed by atoms with Crippen LogP contribution >= 0.6 is 11.3 Å². The van der Waals surface area contributed by atoms with Crippen molar-refractivity contribution < 1.29 is 28.8 Å². The van der Waals surface area contributed by atoms with Crippen LogP contribution in [-0.4, -0.2) is 41.5 Å². The zero-order valence-corrected chi connectivity index (χ0v) is 21.8. The highest BCUT2D eigenvalue weighted by atomic mass is 32.1. The number of nitrogens with one attached hydrogen (secondary N) is 3. The average Bonchev–Trinajstić information content (AvgIpc) is 3.62. The number of hydrogen-bond acceptors (Lipinski definition) is 8. The molecule has 200 valence electrons. The fourth-order valence-electron chi connectivity index (χ4n) is 4.44. The molecular formula is C30H18N4O6S. The summed E-state index contributed by atoms with van der Waals surface area (Å²) < 4.78 is 0. The molecule has 3 heterocycles. The van der Waals surface area contributed by atoms with E-state index in [0.717, 1.165) is 9.75 Å². The van der Waals surface area contributed by atoms with Gasteiger partial charge in [0, 0.05) is 39.2 Å². The minimum absolute atomic E-state index is 0.145. The molecule has 2 aliphatic heterocycles. The van der Waals surface area contributed by atoms with Gasteiger partial charge in [0.25, 0.3) is 29.5 Å². The zero-order chi connectivity index (χ0) is 28.7. The molecule has 0 spiro atoms. The number of carbonyl (C=O) groups excluding carboxylic acids is 6. The van der Waals surface area contributed by atoms with Gasteiger partial charge in [-0.3, -0.25) is 44.4 Å². The normalized spacial score (nSPS) is 13.7. The molecule has 41 heavy (non-hydrogen) atoms. The zero-order valence-electron chi connectivity index (χ0n) is 21.0. The molecular weight excluding hydrogens is 544 g/mol. The van der Waals surface area contributed by atoms with Gasteiger partial charge in [0.2, 0.25) is 0 Å². The molecule has 0 aliphatic carbocycles. The third-order valence-electron chi connectivity index (χ3n) is 6.54. The first-order chi connectivity index (χ1) is 19.7. The summed E-state index contributed by atoms with van der Waals surface area (Å²) >= 11 is 1.41. The number of anilines is 1. The Kier molecular flexibility index (Phi) is 6.40. The Balaban J connectivity index is 1.06. The lowest BCUT2D eigenvalue weighted by atomic mass is 10.0. The summed E-state index contributed by atoms with van der Waals surface area (Å²) in [6.07, 6.45) is 1.82. The van der Waals surface area contributed by atoms with Crippen molar-refractivity contribution >= 4 is 64.2 Å². The summed E-state index contributed by atoms with van der Waals surface area (Å²) in [4.78, 5) is 78.6. The predicted molar refractivity (Wildman–Crippen MR) is 150 cm³/mol. The molecule has 2 aliphatic rings. The van der Waals surface area contributed by atoms with Gasteiger partial charge in [0.1, 0.15) is 0 Å². The van der Waals surface area contributed by atoms with E-state index >= 15 is 0 Å². The summed E-state index contributed by atoms with van der Waals surface area (Å²) in [7, 11) is 0. The third-order valence-corrected chi connectivity index (χ3v) is 7.56. The van der Waals surface area contributed by atoms with Crippen LogP contribution in [0.1, 0.15) is 71.9 Å². The van der Waals surface area contributed by atoms with Crippen molar-refractivity contribution in [1.29, 1.82) is 0 Å². The number of rotatable bonds is 7. The maximum absolute atomic E-state index is 12.8. The molecule has 11 heteroatoms. The van der Waals surface area contributed by atoms with E-state index in [-0.39, 0.29) is 40.0 Å². The van der Waals surface area contributed by atoms with Crippen LogP contribution in [0.4, 0.5) is 11.4 Å². The Hall–Kier alpha value is -5.55. The van der Waals surface area contributed by atoms with Crippen LogP contribution in [0.2, 0.25) is 0 Å². The Morgan fingerprint density at radius 1 is 0.707 bits per heavy atom. The average molecular weight is 563 g/mol. The molecule has 4 aromatic rings. The molecule has 10 nitrogen and oxygen atoms in total. The number of fused-ring (bicyclic) bond motifs is 2. The van der Waals surface area contributed by atoms with Crippen molar-refractivity contribution in [3.63, 3.8) is 0 Å². The van der Waals surface area contributed by atoms with E-state index in [0.29, 0.717) is 16.9 Å². The maximum Gasteiger partial charge on any atom is 0.258 e. The van der Waals surface area contributed by atoms with Gasteiger partial charge in [0.15, 0.2) is 5.78 Å². The second-order valence-electron chi connectivity index (χ2n) is 9.25. The summed E-state index contributed by atoms with van der Waals surface area (Å²) in [5.41, 5.74) is 2.67. The minimum Gasteiger partial charge on any atom is -0.322 e. The van der Waals surface area contributed by atoms with E-state index in [9.17, 15) is 28.8 Å². The molecule has 0 saturated heterocycles. The molecule has 6 rings (SSSR count). The van der Waals surface area contributed by atoms with E-state index in [1.54, 1.807) is 36.5 Å². The molecule has 0 saturated carbocycles. The monoisotopic (exact) mass is 562 g/mol. The predicted octanol–water partition coefficient (Wildman–Crippen LogP) is 3.94. The van der Waals surface area contributed by atoms with Crippen molar-refractivity contribution in [2.24, 2.45) is 4.99 Å². The quantitative estimate of drug-likeness (QED) is 0.176. The second-order valence-corrected chi connectivity index (χ2v) is 10.5. The van der Waals surface area contributed by atoms with E-state index in [4.69, 9.17) is 0 Å². The summed E-state index contributed by atoms with van der Waals surface area (Å²) in [6.45, 7) is 0. The van der Waals surface area contributed by atoms with Crippen molar-refractivity contribution in [3.05, 3.63) is 116 Å². The molecule has 0 bridgehead atoms. The SMILES string of the molecule is O=C(Cc1ccc(C=Nc2ccc(NC(=O)c3ccc4c(c3)C(=O)NC4=O)cc2)s1)c1ccc2c(c1)C(=O)NC2=O. The smallest absolute Gasteiger partial charge is 0.258 e. The van der Waals surface area contributed by atoms with Crippen LogP contribution in [-0.2, 0) is 6.42 Å². The second kappa shape index (κ2) is 10.2. The van der Waals surface area contributed by atoms with Crippen molar-refractivity contribution in [2.75, 3.05) is 5.32 Å². The van der Waals surface area contributed by atoms with Gasteiger partial charge in [-0.2, -0.15) is 0 Å². The van der Waals surface area contributed by atoms with Crippen LogP contribution in [0.3, 0.4) is 0 Å². The first kappa shape index (κ1) is 25.7. The molecule has 3 aromatic carbocycles. The number of imide groups is 2. The van der Waals surface area contributed by atoms with Gasteiger partial charge in [-0.05, 0) is 66.7 Å². The Morgan fingerprint density at radius 3 is 1.95 bits per heavy atom. The van der Waals surface area contributed by atoms with Crippen LogP contribution in [0.25, 0.3) is 0 Å². The maximum atomic E-state index is 12.8. The lowest BCUT2D eigenvalue weighted by Crippen LogP contribution is -2.19. The fourth-order valence-corrected chi connectivity index (χ4v) is 5.33. The topological polar surface area (TPSA) is 151 Å². The van der Waals surface area contributed by atoms with E-state index in [2.05, 4.69) is 20.9 Å². The van der Waals surface area contributed by atoms with E-state index < -0.39 is 29.5 Å². The molecule has 0 unspecified atom stereocenters. The fraction of sp³-hybridized carbons (Fsp3) is 0.0333. The van der Waals surface area contributed by atoms with Crippen molar-refractivity contribution in [1.82, 2.24) is 10.6 Å². The van der Waals surface area contributed by atoms with Crippen LogP contribution in [0, 0.1) is 0 Å². The minimum atomic E-state index is -0.528. The number of aliphatic imine (C=N–C) groups is 1. The highest BCUT2D eigenvalue weighted by Crippen LogP contribution is 2.23. The largest absolute Gasteiger partial charge is 0.322 e. The van der Waals surface area contributed by atoms with Gasteiger partial charge in [-0.1, -0.05) is 6.07 Å². The Labute approximate surface area is 236 Å². The first-order valence-corrected chi connectivity index (χ1v) is 13.1. The van der Waals surface area contributed by atoms with Gasteiger partial charge < -0.3 is 5.32 Å². The highest BCUT2D eigenvalue weighted by Gasteiger charge is 2.28. The molecule has 0 fully saturated rings. The van der Waals surface area contributed by atoms with Crippen molar-refractivity contribution in [3.8, 4) is 0 Å². The standard InChI is InChI=1S/C30H18N4O6S/c35-25(15-1-9-21-23(11-15)29(39)33-27(21)37)13-19-7-8-20(41-19)14-31-17-3-5-18(6-4-17)32-26(36)16-2-10-22-24(12-16)30(40)34-28(22)38/h1-12,14H,13H2,(H,32,36)(H,33,37,39)(H,34,38,40). The van der Waals surface area contributed by atoms with Gasteiger partial charge in [-0.25, -0.2) is 0 Å². The molecule has 1 aromatic heterocycles. The number of thiophene rings is 1. The molecule has 3 N–H and O–H groups in total. The van der Waals surface area contributed by atoms with Crippen LogP contribution in [0.15, 0.2) is 77.8 Å². The third kappa shape index (κ3) is 5.09. The molecule has 5 amide bonds. The van der Waals surface area contributed by atoms with E-state index in [1.165, 1.54) is 41.7 Å². The van der Waals surface area contributed by atoms with Crippen LogP contribution in [0.5, 0.6) is 0 Å². The Morgan fingerprint density at radius 2 is 1.29 bits per heavy atom. The number of ketones is 1. The number of nitrogens with zero attached hydrogens (tertiary/aromatic N) is 1. The number of carbonyl (C=O) groups is 6. The van der Waals surface area contributed by atoms with Gasteiger partial charge >= 0.3 is 0 Å². The summed E-state index contributed by atoms with van der Waals surface area (Å²) in [6, 6.07) is 19.3. The van der Waals surface area contributed by atoms with Crippen molar-refractivity contribution in [2.45, 2.75) is 6.42 Å². The summed E-state index contributed by atoms with van der Waals surface area (Å²) in [5, 5.41) is 7.16. The lowest BCUT2D eigenvalue weighted by molar-refractivity contribution is 0.0863.